The number of aryl methyl sites for hydroxylation is 1. The van der Waals surface area contributed by atoms with Crippen molar-refractivity contribution >= 4 is 5.69 Å². The Morgan fingerprint density at radius 2 is 1.79 bits per heavy atom. The van der Waals surface area contributed by atoms with Gasteiger partial charge in [-0.25, -0.2) is 17.6 Å². The number of nitrogens with one attached hydrogen (secondary N) is 1. The van der Waals surface area contributed by atoms with Gasteiger partial charge in [-0.1, -0.05) is 75.3 Å². The topological polar surface area (TPSA) is 24.9 Å². The van der Waals surface area contributed by atoms with E-state index in [1.54, 1.807) is 18.3 Å². The Kier molecular flexibility index (Phi) is 14.0. The standard InChI is InChI=1S/C36H46F4N2/c1-9-10-13-28(35(38)27(8)37)14-11-12-15-31(23(2)3)26(7)33(24(4)5)22-42-34-19-18-29(36(39)40)20-32(34)30-17-16-25(6)41-21-30/h11-12,14,16-21,23,31,36,42H,4,9-10,13,15,22H2,1-3,5-8H3/b12-11+,28-14-,33-26-,35-27-. The van der Waals surface area contributed by atoms with Crippen molar-refractivity contribution in [1.82, 2.24) is 4.98 Å². The number of rotatable bonds is 15. The van der Waals surface area contributed by atoms with Crippen LogP contribution in [-0.2, 0) is 0 Å². The lowest BCUT2D eigenvalue weighted by Crippen LogP contribution is -2.16. The molecule has 0 amide bonds. The van der Waals surface area contributed by atoms with Gasteiger partial charge in [-0.3, -0.25) is 4.98 Å². The number of hydrogen-bond acceptors (Lipinski definition) is 2. The van der Waals surface area contributed by atoms with Crippen molar-refractivity contribution in [3.8, 4) is 11.1 Å². The summed E-state index contributed by atoms with van der Waals surface area (Å²) in [6, 6.07) is 8.41. The van der Waals surface area contributed by atoms with Crippen LogP contribution in [0.1, 0.15) is 84.9 Å². The molecule has 42 heavy (non-hydrogen) atoms. The van der Waals surface area contributed by atoms with E-state index in [0.717, 1.165) is 54.3 Å². The van der Waals surface area contributed by atoms with Crippen molar-refractivity contribution in [3.63, 3.8) is 0 Å². The first-order chi connectivity index (χ1) is 19.9. The zero-order chi connectivity index (χ0) is 31.4. The summed E-state index contributed by atoms with van der Waals surface area (Å²) in [4.78, 5) is 4.35. The Labute approximate surface area is 250 Å². The first-order valence-corrected chi connectivity index (χ1v) is 14.7. The number of allylic oxidation sites excluding steroid dienone is 7. The number of alkyl halides is 2. The van der Waals surface area contributed by atoms with Gasteiger partial charge in [0.1, 0.15) is 5.83 Å². The van der Waals surface area contributed by atoms with Crippen LogP contribution in [0.3, 0.4) is 0 Å². The molecule has 0 bridgehead atoms. The molecule has 1 aromatic heterocycles. The molecule has 1 unspecified atom stereocenters. The predicted octanol–water partition coefficient (Wildman–Crippen LogP) is 11.8. The molecule has 0 saturated carbocycles. The van der Waals surface area contributed by atoms with E-state index in [1.807, 2.05) is 45.1 Å². The van der Waals surface area contributed by atoms with E-state index in [1.165, 1.54) is 17.7 Å². The number of aromatic nitrogens is 1. The van der Waals surface area contributed by atoms with E-state index in [4.69, 9.17) is 0 Å². The lowest BCUT2D eigenvalue weighted by Gasteiger charge is -2.25. The van der Waals surface area contributed by atoms with Crippen molar-refractivity contribution < 1.29 is 17.6 Å². The van der Waals surface area contributed by atoms with E-state index in [2.05, 4.69) is 37.7 Å². The quantitative estimate of drug-likeness (QED) is 0.167. The number of anilines is 1. The Balaban J connectivity index is 2.36. The third-order valence-corrected chi connectivity index (χ3v) is 7.53. The SMILES string of the molecule is C=C(C)/C(CNc1ccc(C(F)F)cc1-c1ccc(C)nc1)=C(/C)C(C/C=C/C=C(CCCC)\C(F)=C(/C)F)C(C)C. The van der Waals surface area contributed by atoms with Crippen LogP contribution < -0.4 is 5.32 Å². The van der Waals surface area contributed by atoms with E-state index in [9.17, 15) is 17.6 Å². The van der Waals surface area contributed by atoms with E-state index in [0.29, 0.717) is 30.0 Å². The zero-order valence-electron chi connectivity index (χ0n) is 26.1. The van der Waals surface area contributed by atoms with Gasteiger partial charge < -0.3 is 5.32 Å². The fraction of sp³-hybridized carbons (Fsp3) is 0.417. The van der Waals surface area contributed by atoms with E-state index < -0.39 is 18.1 Å². The summed E-state index contributed by atoms with van der Waals surface area (Å²) in [6.45, 7) is 18.1. The van der Waals surface area contributed by atoms with Crippen LogP contribution in [0.4, 0.5) is 23.2 Å². The van der Waals surface area contributed by atoms with Gasteiger partial charge in [0.15, 0.2) is 5.83 Å². The third kappa shape index (κ3) is 10.1. The molecule has 0 aliphatic rings. The fourth-order valence-electron chi connectivity index (χ4n) is 4.97. The van der Waals surface area contributed by atoms with Crippen molar-refractivity contribution in [3.05, 3.63) is 107 Å². The van der Waals surface area contributed by atoms with Gasteiger partial charge in [-0.05, 0) is 88.1 Å². The summed E-state index contributed by atoms with van der Waals surface area (Å²) in [5.41, 5.74) is 6.51. The van der Waals surface area contributed by atoms with E-state index in [-0.39, 0.29) is 11.5 Å². The molecule has 2 aromatic rings. The molecular formula is C36H46F4N2. The molecule has 0 saturated heterocycles. The maximum absolute atomic E-state index is 14.3. The summed E-state index contributed by atoms with van der Waals surface area (Å²) >= 11 is 0. The Hall–Kier alpha value is -3.41. The minimum absolute atomic E-state index is 0.0430. The van der Waals surface area contributed by atoms with Crippen molar-refractivity contribution in [2.45, 2.75) is 80.6 Å². The minimum Gasteiger partial charge on any atom is -0.380 e. The number of halogens is 4. The molecule has 2 nitrogen and oxygen atoms in total. The van der Waals surface area contributed by atoms with Crippen LogP contribution in [0.25, 0.3) is 11.1 Å². The molecule has 1 heterocycles. The Morgan fingerprint density at radius 3 is 2.33 bits per heavy atom. The number of unbranched alkanes of at least 4 members (excludes halogenated alkanes) is 1. The highest BCUT2D eigenvalue weighted by Gasteiger charge is 2.19. The molecule has 1 aromatic carbocycles. The highest BCUT2D eigenvalue weighted by atomic mass is 19.3. The molecule has 6 heteroatoms. The maximum atomic E-state index is 14.3. The van der Waals surface area contributed by atoms with Crippen LogP contribution >= 0.6 is 0 Å². The first kappa shape index (κ1) is 34.8. The molecule has 228 valence electrons. The Bertz CT molecular complexity index is 1310. The smallest absolute Gasteiger partial charge is 0.263 e. The van der Waals surface area contributed by atoms with Gasteiger partial charge in [0.2, 0.25) is 0 Å². The number of hydrogen-bond donors (Lipinski definition) is 1. The normalized spacial score (nSPS) is 14.4. The van der Waals surface area contributed by atoms with Gasteiger partial charge in [0.05, 0.1) is 0 Å². The summed E-state index contributed by atoms with van der Waals surface area (Å²) < 4.78 is 55.0. The average Bonchev–Trinajstić information content (AvgIpc) is 2.94. The van der Waals surface area contributed by atoms with Crippen molar-refractivity contribution in [2.75, 3.05) is 11.9 Å². The van der Waals surface area contributed by atoms with Gasteiger partial charge in [0, 0.05) is 40.8 Å². The van der Waals surface area contributed by atoms with Crippen LogP contribution in [0, 0.1) is 18.8 Å². The zero-order valence-corrected chi connectivity index (χ0v) is 26.1. The predicted molar refractivity (Wildman–Crippen MR) is 170 cm³/mol. The summed E-state index contributed by atoms with van der Waals surface area (Å²) in [6.07, 6.45) is 7.54. The molecule has 1 N–H and O–H groups in total. The molecule has 0 aliphatic carbocycles. The van der Waals surface area contributed by atoms with Crippen LogP contribution in [0.5, 0.6) is 0 Å². The van der Waals surface area contributed by atoms with Gasteiger partial charge in [-0.2, -0.15) is 0 Å². The average molecular weight is 583 g/mol. The fourth-order valence-corrected chi connectivity index (χ4v) is 4.97. The molecule has 0 spiro atoms. The van der Waals surface area contributed by atoms with Crippen LogP contribution in [0.15, 0.2) is 95.3 Å². The molecule has 0 aliphatic heterocycles. The van der Waals surface area contributed by atoms with Gasteiger partial charge in [0.25, 0.3) is 6.43 Å². The Morgan fingerprint density at radius 1 is 1.07 bits per heavy atom. The molecule has 2 rings (SSSR count). The summed E-state index contributed by atoms with van der Waals surface area (Å²) in [5.74, 6) is -1.07. The summed E-state index contributed by atoms with van der Waals surface area (Å²) in [5, 5.41) is 3.47. The monoisotopic (exact) mass is 582 g/mol. The lowest BCUT2D eigenvalue weighted by molar-refractivity contribution is 0.151. The second-order valence-electron chi connectivity index (χ2n) is 11.2. The number of pyridine rings is 1. The lowest BCUT2D eigenvalue weighted by atomic mass is 9.82. The van der Waals surface area contributed by atoms with E-state index >= 15 is 0 Å². The third-order valence-electron chi connectivity index (χ3n) is 7.53. The van der Waals surface area contributed by atoms with Crippen molar-refractivity contribution in [1.29, 1.82) is 0 Å². The van der Waals surface area contributed by atoms with Crippen LogP contribution in [-0.4, -0.2) is 11.5 Å². The highest BCUT2D eigenvalue weighted by molar-refractivity contribution is 5.78. The minimum atomic E-state index is -2.57. The molecule has 0 fully saturated rings. The second-order valence-corrected chi connectivity index (χ2v) is 11.2. The maximum Gasteiger partial charge on any atom is 0.263 e. The molecule has 0 radical (unpaired) electrons. The number of nitrogens with zero attached hydrogens (tertiary/aromatic N) is 1. The highest BCUT2D eigenvalue weighted by Crippen LogP contribution is 2.34. The van der Waals surface area contributed by atoms with Crippen LogP contribution in [0.2, 0.25) is 0 Å². The van der Waals surface area contributed by atoms with Gasteiger partial charge >= 0.3 is 0 Å². The number of benzene rings is 1. The largest absolute Gasteiger partial charge is 0.380 e. The first-order valence-electron chi connectivity index (χ1n) is 14.7. The van der Waals surface area contributed by atoms with Crippen molar-refractivity contribution in [2.24, 2.45) is 11.8 Å². The molecule has 1 atom stereocenters. The summed E-state index contributed by atoms with van der Waals surface area (Å²) in [7, 11) is 0. The van der Waals surface area contributed by atoms with Gasteiger partial charge in [-0.15, -0.1) is 0 Å². The molecular weight excluding hydrogens is 536 g/mol. The second kappa shape index (κ2) is 16.9.